The smallest absolute Gasteiger partial charge is 0.377 e. The molecule has 102 valence electrons. The number of H-pyrrole nitrogens is 1. The summed E-state index contributed by atoms with van der Waals surface area (Å²) >= 11 is 5.77. The lowest BCUT2D eigenvalue weighted by molar-refractivity contribution is -0.137. The number of alkyl halides is 3. The molecule has 7 heteroatoms. The second kappa shape index (κ2) is 4.54. The van der Waals surface area contributed by atoms with E-state index in [1.807, 2.05) is 0 Å². The highest BCUT2D eigenvalue weighted by Gasteiger charge is 2.38. The highest BCUT2D eigenvalue weighted by Crippen LogP contribution is 2.40. The van der Waals surface area contributed by atoms with Crippen molar-refractivity contribution < 1.29 is 18.3 Å². The lowest BCUT2D eigenvalue weighted by Gasteiger charge is -2.24. The third kappa shape index (κ3) is 2.46. The average Bonchev–Trinajstić information content (AvgIpc) is 2.81. The van der Waals surface area contributed by atoms with Gasteiger partial charge in [-0.15, -0.1) is 0 Å². The van der Waals surface area contributed by atoms with Crippen LogP contribution in [-0.2, 0) is 11.8 Å². The van der Waals surface area contributed by atoms with Crippen LogP contribution in [0.25, 0.3) is 0 Å². The van der Waals surface area contributed by atoms with Gasteiger partial charge in [-0.25, -0.2) is 4.98 Å². The molecule has 0 radical (unpaired) electrons. The molecular formula is C12H10ClF3N2O. The molecule has 0 saturated carbocycles. The summed E-state index contributed by atoms with van der Waals surface area (Å²) in [5.74, 6) is 0.119. The fourth-order valence-electron chi connectivity index (χ4n) is 1.79. The van der Waals surface area contributed by atoms with Crippen molar-refractivity contribution in [2.45, 2.75) is 18.7 Å². The van der Waals surface area contributed by atoms with Crippen molar-refractivity contribution in [3.63, 3.8) is 0 Å². The Bertz CT molecular complexity index is 579. The molecule has 0 spiro atoms. The van der Waals surface area contributed by atoms with Crippen LogP contribution in [0.2, 0.25) is 5.02 Å². The zero-order valence-corrected chi connectivity index (χ0v) is 10.5. The van der Waals surface area contributed by atoms with Gasteiger partial charge in [0.25, 0.3) is 0 Å². The number of aromatic nitrogens is 2. The highest BCUT2D eigenvalue weighted by atomic mass is 35.5. The number of nitrogens with zero attached hydrogens (tertiary/aromatic N) is 1. The summed E-state index contributed by atoms with van der Waals surface area (Å²) in [4.78, 5) is 6.51. The zero-order valence-electron chi connectivity index (χ0n) is 9.79. The first kappa shape index (κ1) is 13.9. The van der Waals surface area contributed by atoms with Crippen LogP contribution in [0.3, 0.4) is 0 Å². The van der Waals surface area contributed by atoms with Crippen molar-refractivity contribution in [2.24, 2.45) is 0 Å². The van der Waals surface area contributed by atoms with E-state index in [1.54, 1.807) is 0 Å². The summed E-state index contributed by atoms with van der Waals surface area (Å²) in [5, 5.41) is 9.84. The summed E-state index contributed by atoms with van der Waals surface area (Å²) in [7, 11) is 0. The molecule has 3 nitrogen and oxygen atoms in total. The number of nitrogens with one attached hydrogen (secondary N) is 1. The number of aromatic amines is 1. The average molecular weight is 291 g/mol. The lowest BCUT2D eigenvalue weighted by atomic mass is 9.93. The first-order chi connectivity index (χ1) is 8.74. The van der Waals surface area contributed by atoms with Crippen molar-refractivity contribution in [1.29, 1.82) is 0 Å². The van der Waals surface area contributed by atoms with Crippen LogP contribution >= 0.6 is 11.6 Å². The van der Waals surface area contributed by atoms with Crippen LogP contribution < -0.4 is 0 Å². The van der Waals surface area contributed by atoms with Crippen LogP contribution in [0, 0.1) is 0 Å². The standard InChI is InChI=1S/C12H10ClF3N2O/c1-11(19,10-17-5-6-18-10)7-3-2-4-8(9(7)13)12(14,15)16/h2-6,19H,1H3,(H,17,18). The molecule has 0 aliphatic rings. The van der Waals surface area contributed by atoms with E-state index >= 15 is 0 Å². The topological polar surface area (TPSA) is 48.9 Å². The Labute approximate surface area is 112 Å². The molecule has 1 unspecified atom stereocenters. The van der Waals surface area contributed by atoms with E-state index in [9.17, 15) is 18.3 Å². The second-order valence-corrected chi connectivity index (χ2v) is 4.55. The van der Waals surface area contributed by atoms with E-state index in [0.29, 0.717) is 0 Å². The van der Waals surface area contributed by atoms with Crippen LogP contribution in [0.1, 0.15) is 23.9 Å². The minimum absolute atomic E-state index is 0.0565. The second-order valence-electron chi connectivity index (χ2n) is 4.17. The number of halogens is 4. The molecule has 1 atom stereocenters. The summed E-state index contributed by atoms with van der Waals surface area (Å²) < 4.78 is 38.3. The molecule has 0 amide bonds. The van der Waals surface area contributed by atoms with Crippen LogP contribution in [0.4, 0.5) is 13.2 Å². The molecule has 0 aliphatic heterocycles. The number of hydrogen-bond donors (Lipinski definition) is 2. The van der Waals surface area contributed by atoms with Gasteiger partial charge in [0.05, 0.1) is 10.6 Å². The quantitative estimate of drug-likeness (QED) is 0.891. The zero-order chi connectivity index (χ0) is 14.3. The number of rotatable bonds is 2. The first-order valence-electron chi connectivity index (χ1n) is 5.33. The Kier molecular flexibility index (Phi) is 3.32. The first-order valence-corrected chi connectivity index (χ1v) is 5.71. The molecule has 1 aromatic carbocycles. The Morgan fingerprint density at radius 3 is 2.42 bits per heavy atom. The van der Waals surface area contributed by atoms with Gasteiger partial charge in [0.1, 0.15) is 11.4 Å². The number of imidazole rings is 1. The van der Waals surface area contributed by atoms with Gasteiger partial charge in [0.2, 0.25) is 0 Å². The molecule has 1 aromatic heterocycles. The largest absolute Gasteiger partial charge is 0.417 e. The lowest BCUT2D eigenvalue weighted by Crippen LogP contribution is -2.26. The van der Waals surface area contributed by atoms with Gasteiger partial charge in [-0.05, 0) is 13.0 Å². The van der Waals surface area contributed by atoms with Crippen molar-refractivity contribution in [3.8, 4) is 0 Å². The fourth-order valence-corrected chi connectivity index (χ4v) is 2.20. The number of aliphatic hydroxyl groups is 1. The maximum Gasteiger partial charge on any atom is 0.417 e. The van der Waals surface area contributed by atoms with Gasteiger partial charge in [0, 0.05) is 18.0 Å². The molecule has 2 N–H and O–H groups in total. The van der Waals surface area contributed by atoms with Crippen molar-refractivity contribution in [1.82, 2.24) is 9.97 Å². The van der Waals surface area contributed by atoms with Crippen molar-refractivity contribution in [3.05, 3.63) is 52.6 Å². The summed E-state index contributed by atoms with van der Waals surface area (Å²) in [6.07, 6.45) is -1.72. The Morgan fingerprint density at radius 1 is 1.26 bits per heavy atom. The molecule has 0 saturated heterocycles. The third-order valence-corrected chi connectivity index (χ3v) is 3.20. The molecule has 2 aromatic rings. The minimum Gasteiger partial charge on any atom is -0.377 e. The van der Waals surface area contributed by atoms with E-state index in [1.165, 1.54) is 31.5 Å². The SMILES string of the molecule is CC(O)(c1ncc[nH]1)c1cccc(C(F)(F)F)c1Cl. The minimum atomic E-state index is -4.58. The summed E-state index contributed by atoms with van der Waals surface area (Å²) in [6.45, 7) is 1.33. The van der Waals surface area contributed by atoms with Gasteiger partial charge in [-0.1, -0.05) is 23.7 Å². The van der Waals surface area contributed by atoms with E-state index < -0.39 is 22.4 Å². The van der Waals surface area contributed by atoms with Gasteiger partial charge < -0.3 is 10.1 Å². The molecule has 0 fully saturated rings. The van der Waals surface area contributed by atoms with Gasteiger partial charge in [-0.2, -0.15) is 13.2 Å². The monoisotopic (exact) mass is 290 g/mol. The van der Waals surface area contributed by atoms with Crippen molar-refractivity contribution >= 4 is 11.6 Å². The van der Waals surface area contributed by atoms with Crippen LogP contribution in [0.15, 0.2) is 30.6 Å². The van der Waals surface area contributed by atoms with E-state index in [0.717, 1.165) is 6.07 Å². The molecular weight excluding hydrogens is 281 g/mol. The fraction of sp³-hybridized carbons (Fsp3) is 0.250. The maximum atomic E-state index is 12.8. The third-order valence-electron chi connectivity index (χ3n) is 2.79. The van der Waals surface area contributed by atoms with Crippen molar-refractivity contribution in [2.75, 3.05) is 0 Å². The Morgan fingerprint density at radius 2 is 1.89 bits per heavy atom. The predicted molar refractivity (Wildman–Crippen MR) is 63.7 cm³/mol. The molecule has 0 aliphatic carbocycles. The normalized spacial score (nSPS) is 15.3. The molecule has 0 bridgehead atoms. The highest BCUT2D eigenvalue weighted by molar-refractivity contribution is 6.32. The predicted octanol–water partition coefficient (Wildman–Crippen LogP) is 3.34. The summed E-state index contributed by atoms with van der Waals surface area (Å²) in [5.41, 5.74) is -2.78. The van der Waals surface area contributed by atoms with E-state index in [4.69, 9.17) is 11.6 Å². The summed E-state index contributed by atoms with van der Waals surface area (Å²) in [6, 6.07) is 3.39. The van der Waals surface area contributed by atoms with Gasteiger partial charge in [0.15, 0.2) is 0 Å². The van der Waals surface area contributed by atoms with Crippen LogP contribution in [-0.4, -0.2) is 15.1 Å². The van der Waals surface area contributed by atoms with E-state index in [-0.39, 0.29) is 11.4 Å². The van der Waals surface area contributed by atoms with Gasteiger partial charge in [-0.3, -0.25) is 0 Å². The number of hydrogen-bond acceptors (Lipinski definition) is 2. The van der Waals surface area contributed by atoms with Crippen LogP contribution in [0.5, 0.6) is 0 Å². The molecule has 1 heterocycles. The Balaban J connectivity index is 2.58. The number of benzene rings is 1. The van der Waals surface area contributed by atoms with E-state index in [2.05, 4.69) is 9.97 Å². The molecule has 2 rings (SSSR count). The maximum absolute atomic E-state index is 12.8. The molecule has 19 heavy (non-hydrogen) atoms. The van der Waals surface area contributed by atoms with Gasteiger partial charge >= 0.3 is 6.18 Å². The Hall–Kier alpha value is -1.53.